The topological polar surface area (TPSA) is 112 Å². The SMILES string of the molecule is O=c1[nH]c(=O)n([C@H]2C[C@@H]3O[P+](O)(OCc4ccccc4Cl)OC[C@H]3O2)cc1F. The number of fused-ring (bicyclic) bond motifs is 1. The maximum Gasteiger partial charge on any atom is 0.573 e. The summed E-state index contributed by atoms with van der Waals surface area (Å²) in [5.74, 6) is -1.11. The molecule has 0 spiro atoms. The van der Waals surface area contributed by atoms with Gasteiger partial charge >= 0.3 is 13.9 Å². The molecule has 4 atom stereocenters. The van der Waals surface area contributed by atoms with Crippen molar-refractivity contribution in [3.8, 4) is 0 Å². The number of ether oxygens (including phenoxy) is 1. The molecule has 2 aliphatic rings. The lowest BCUT2D eigenvalue weighted by Gasteiger charge is -2.26. The molecule has 2 saturated heterocycles. The molecular weight excluding hydrogens is 418 g/mol. The van der Waals surface area contributed by atoms with Crippen LogP contribution in [0.15, 0.2) is 40.1 Å². The number of benzene rings is 1. The van der Waals surface area contributed by atoms with E-state index in [-0.39, 0.29) is 19.6 Å². The minimum atomic E-state index is -3.62. The van der Waals surface area contributed by atoms with Crippen molar-refractivity contribution < 1.29 is 27.6 Å². The molecule has 0 aliphatic carbocycles. The zero-order valence-electron chi connectivity index (χ0n) is 14.3. The first-order chi connectivity index (χ1) is 13.3. The van der Waals surface area contributed by atoms with Gasteiger partial charge in [0.05, 0.1) is 6.20 Å². The van der Waals surface area contributed by atoms with Gasteiger partial charge in [-0.3, -0.25) is 14.3 Å². The highest BCUT2D eigenvalue weighted by atomic mass is 35.5. The Morgan fingerprint density at radius 2 is 2.14 bits per heavy atom. The van der Waals surface area contributed by atoms with E-state index in [1.54, 1.807) is 24.3 Å². The molecule has 150 valence electrons. The van der Waals surface area contributed by atoms with Crippen LogP contribution in [0.3, 0.4) is 0 Å². The number of rotatable bonds is 4. The van der Waals surface area contributed by atoms with Gasteiger partial charge in [0.2, 0.25) is 5.82 Å². The Bertz CT molecular complexity index is 1000. The first-order valence-corrected chi connectivity index (χ1v) is 10.2. The Balaban J connectivity index is 1.44. The van der Waals surface area contributed by atoms with Crippen LogP contribution in [0, 0.1) is 5.82 Å². The second kappa shape index (κ2) is 7.64. The van der Waals surface area contributed by atoms with Crippen molar-refractivity contribution in [2.45, 2.75) is 31.5 Å². The lowest BCUT2D eigenvalue weighted by Crippen LogP contribution is -2.35. The van der Waals surface area contributed by atoms with Crippen LogP contribution in [-0.2, 0) is 24.9 Å². The maximum absolute atomic E-state index is 13.5. The first kappa shape index (κ1) is 19.7. The van der Waals surface area contributed by atoms with Crippen LogP contribution in [0.1, 0.15) is 18.2 Å². The molecule has 9 nitrogen and oxygen atoms in total. The molecule has 0 bridgehead atoms. The Morgan fingerprint density at radius 3 is 2.93 bits per heavy atom. The molecule has 0 saturated carbocycles. The highest BCUT2D eigenvalue weighted by Crippen LogP contribution is 2.63. The third kappa shape index (κ3) is 3.90. The molecule has 2 fully saturated rings. The molecule has 1 aromatic heterocycles. The van der Waals surface area contributed by atoms with Crippen LogP contribution < -0.4 is 11.2 Å². The predicted octanol–water partition coefficient (Wildman–Crippen LogP) is 1.92. The van der Waals surface area contributed by atoms with E-state index < -0.39 is 43.7 Å². The van der Waals surface area contributed by atoms with E-state index >= 15 is 0 Å². The molecule has 2 aromatic rings. The van der Waals surface area contributed by atoms with Gasteiger partial charge in [0, 0.05) is 17.0 Å². The summed E-state index contributed by atoms with van der Waals surface area (Å²) in [6, 6.07) is 6.98. The highest BCUT2D eigenvalue weighted by molar-refractivity contribution is 7.55. The Labute approximate surface area is 163 Å². The minimum absolute atomic E-state index is 0.0176. The van der Waals surface area contributed by atoms with Crippen molar-refractivity contribution >= 4 is 19.8 Å². The zero-order chi connectivity index (χ0) is 19.9. The third-order valence-electron chi connectivity index (χ3n) is 4.43. The molecule has 2 aliphatic heterocycles. The van der Waals surface area contributed by atoms with Crippen molar-refractivity contribution in [1.29, 1.82) is 0 Å². The summed E-state index contributed by atoms with van der Waals surface area (Å²) in [6.45, 7) is -0.0508. The molecule has 12 heteroatoms. The minimum Gasteiger partial charge on any atom is -0.349 e. The number of hydrogen-bond donors (Lipinski definition) is 2. The summed E-state index contributed by atoms with van der Waals surface area (Å²) in [6.07, 6.45) is -1.19. The van der Waals surface area contributed by atoms with Crippen molar-refractivity contribution in [3.63, 3.8) is 0 Å². The molecule has 2 N–H and O–H groups in total. The van der Waals surface area contributed by atoms with E-state index in [4.69, 9.17) is 29.9 Å². The summed E-state index contributed by atoms with van der Waals surface area (Å²) < 4.78 is 36.5. The highest BCUT2D eigenvalue weighted by Gasteiger charge is 2.57. The van der Waals surface area contributed by atoms with Crippen LogP contribution in [0.5, 0.6) is 0 Å². The Morgan fingerprint density at radius 1 is 1.36 bits per heavy atom. The molecule has 3 heterocycles. The number of nitrogens with one attached hydrogen (secondary N) is 1. The smallest absolute Gasteiger partial charge is 0.349 e. The van der Waals surface area contributed by atoms with Crippen molar-refractivity contribution in [2.75, 3.05) is 6.61 Å². The van der Waals surface area contributed by atoms with Gasteiger partial charge in [-0.2, -0.15) is 13.8 Å². The van der Waals surface area contributed by atoms with Gasteiger partial charge in [-0.1, -0.05) is 29.8 Å². The fourth-order valence-electron chi connectivity index (χ4n) is 3.01. The van der Waals surface area contributed by atoms with E-state index in [0.29, 0.717) is 10.6 Å². The van der Waals surface area contributed by atoms with Crippen molar-refractivity contribution in [1.82, 2.24) is 9.55 Å². The van der Waals surface area contributed by atoms with Gasteiger partial charge in [0.1, 0.15) is 31.6 Å². The zero-order valence-corrected chi connectivity index (χ0v) is 15.9. The molecular formula is C16H16ClFN2O7P+. The van der Waals surface area contributed by atoms with Gasteiger partial charge in [-0.05, 0) is 6.07 Å². The molecule has 4 rings (SSSR count). The van der Waals surface area contributed by atoms with Gasteiger partial charge in [0.25, 0.3) is 5.56 Å². The third-order valence-corrected chi connectivity index (χ3v) is 6.26. The van der Waals surface area contributed by atoms with Crippen LogP contribution in [0.4, 0.5) is 4.39 Å². The number of halogens is 2. The fourth-order valence-corrected chi connectivity index (χ4v) is 4.60. The van der Waals surface area contributed by atoms with E-state index in [0.717, 1.165) is 10.8 Å². The van der Waals surface area contributed by atoms with Crippen LogP contribution >= 0.6 is 19.8 Å². The Kier molecular flexibility index (Phi) is 5.36. The summed E-state index contributed by atoms with van der Waals surface area (Å²) in [5, 5.41) is 0.479. The average Bonchev–Trinajstić information content (AvgIpc) is 3.06. The van der Waals surface area contributed by atoms with Crippen LogP contribution in [0.2, 0.25) is 5.02 Å². The van der Waals surface area contributed by atoms with Crippen LogP contribution in [-0.4, -0.2) is 33.3 Å². The second-order valence-electron chi connectivity index (χ2n) is 6.28. The first-order valence-electron chi connectivity index (χ1n) is 8.34. The largest absolute Gasteiger partial charge is 0.573 e. The van der Waals surface area contributed by atoms with E-state index in [2.05, 4.69) is 0 Å². The van der Waals surface area contributed by atoms with Gasteiger partial charge < -0.3 is 4.74 Å². The summed E-state index contributed by atoms with van der Waals surface area (Å²) in [4.78, 5) is 35.5. The monoisotopic (exact) mass is 433 g/mol. The second-order valence-corrected chi connectivity index (χ2v) is 8.35. The molecule has 28 heavy (non-hydrogen) atoms. The van der Waals surface area contributed by atoms with E-state index in [1.165, 1.54) is 0 Å². The van der Waals surface area contributed by atoms with Crippen molar-refractivity contribution in [2.24, 2.45) is 0 Å². The average molecular weight is 434 g/mol. The van der Waals surface area contributed by atoms with E-state index in [1.807, 2.05) is 4.98 Å². The lowest BCUT2D eigenvalue weighted by atomic mass is 10.2. The number of aromatic amines is 1. The van der Waals surface area contributed by atoms with E-state index in [9.17, 15) is 18.9 Å². The quantitative estimate of drug-likeness (QED) is 0.708. The molecule has 0 radical (unpaired) electrons. The maximum atomic E-state index is 13.5. The molecule has 1 aromatic carbocycles. The number of hydrogen-bond acceptors (Lipinski definition) is 7. The predicted molar refractivity (Wildman–Crippen MR) is 96.0 cm³/mol. The normalized spacial score (nSPS) is 29.6. The fraction of sp³-hybridized carbons (Fsp3) is 0.375. The molecule has 1 unspecified atom stereocenters. The number of aromatic nitrogens is 2. The van der Waals surface area contributed by atoms with Gasteiger partial charge in [0.15, 0.2) is 0 Å². The lowest BCUT2D eigenvalue weighted by molar-refractivity contribution is -0.0828. The van der Waals surface area contributed by atoms with Gasteiger partial charge in [-0.25, -0.2) is 4.79 Å². The van der Waals surface area contributed by atoms with Gasteiger partial charge in [-0.15, -0.1) is 9.05 Å². The summed E-state index contributed by atoms with van der Waals surface area (Å²) in [5.41, 5.74) is -1.26. The standard InChI is InChI=1S/C16H15ClFN2O7P/c17-10-4-2-1-3-9(10)7-24-28(23)25-8-13-12(27-28)5-14(26-13)20-6-11(18)15(21)19-16(20)22/h1-4,6,12-14,23H,5,7-8H2/p+1/t12-,13+,14+,28?/m0/s1. The summed E-state index contributed by atoms with van der Waals surface area (Å²) in [7, 11) is -3.62. The summed E-state index contributed by atoms with van der Waals surface area (Å²) >= 11 is 6.06. The number of H-pyrrole nitrogens is 1. The Hall–Kier alpha value is -1.65. The van der Waals surface area contributed by atoms with Crippen molar-refractivity contribution in [3.05, 3.63) is 67.7 Å². The number of nitrogens with zero attached hydrogens (tertiary/aromatic N) is 1. The molecule has 0 amide bonds. The van der Waals surface area contributed by atoms with Crippen LogP contribution in [0.25, 0.3) is 0 Å².